The van der Waals surface area contributed by atoms with Crippen LogP contribution in [0.15, 0.2) is 29.2 Å². The van der Waals surface area contributed by atoms with Gasteiger partial charge in [0.1, 0.15) is 10.7 Å². The van der Waals surface area contributed by atoms with E-state index >= 15 is 0 Å². The zero-order valence-electron chi connectivity index (χ0n) is 9.47. The molecule has 100 valence electrons. The summed E-state index contributed by atoms with van der Waals surface area (Å²) in [5.74, 6) is 0.0389. The highest BCUT2D eigenvalue weighted by Crippen LogP contribution is 2.42. The second kappa shape index (κ2) is 4.77. The van der Waals surface area contributed by atoms with E-state index in [0.29, 0.717) is 11.8 Å². The zero-order valence-corrected chi connectivity index (χ0v) is 11.1. The Bertz CT molecular complexity index is 542. The Morgan fingerprint density at radius 3 is 2.44 bits per heavy atom. The Hall–Kier alpha value is -0.690. The van der Waals surface area contributed by atoms with Crippen molar-refractivity contribution in [2.24, 2.45) is 11.8 Å². The van der Waals surface area contributed by atoms with Crippen molar-refractivity contribution in [1.29, 1.82) is 0 Å². The summed E-state index contributed by atoms with van der Waals surface area (Å²) in [6.07, 6.45) is 0. The summed E-state index contributed by atoms with van der Waals surface area (Å²) in [5, 5.41) is 3.18. The van der Waals surface area contributed by atoms with Crippen LogP contribution in [0, 0.1) is 17.7 Å². The maximum absolute atomic E-state index is 13.4. The molecule has 1 aliphatic carbocycles. The Morgan fingerprint density at radius 2 is 1.83 bits per heavy atom. The predicted octanol–water partition coefficient (Wildman–Crippen LogP) is 0.744. The highest BCUT2D eigenvalue weighted by Gasteiger charge is 2.54. The number of hydrogen-bond donors (Lipinski definition) is 2. The average Bonchev–Trinajstić information content (AvgIpc) is 2.75. The molecule has 2 aliphatic rings. The second-order valence-corrected chi connectivity index (χ2v) is 6.25. The van der Waals surface area contributed by atoms with E-state index in [1.807, 2.05) is 0 Å². The molecule has 0 bridgehead atoms. The van der Waals surface area contributed by atoms with Gasteiger partial charge in [-0.05, 0) is 37.1 Å². The molecule has 0 spiro atoms. The fourth-order valence-corrected chi connectivity index (χ4v) is 3.92. The van der Waals surface area contributed by atoms with Gasteiger partial charge >= 0.3 is 0 Å². The van der Waals surface area contributed by atoms with Crippen molar-refractivity contribution in [2.45, 2.75) is 10.9 Å². The molecule has 0 amide bonds. The van der Waals surface area contributed by atoms with Gasteiger partial charge in [0, 0.05) is 6.04 Å². The lowest BCUT2D eigenvalue weighted by Gasteiger charge is -2.09. The lowest BCUT2D eigenvalue weighted by Crippen LogP contribution is -2.33. The molecule has 1 aromatic rings. The molecule has 2 atom stereocenters. The second-order valence-electron chi connectivity index (χ2n) is 4.56. The topological polar surface area (TPSA) is 58.2 Å². The van der Waals surface area contributed by atoms with Crippen LogP contribution < -0.4 is 10.0 Å². The molecule has 1 saturated heterocycles. The molecule has 3 rings (SSSR count). The van der Waals surface area contributed by atoms with Crippen molar-refractivity contribution in [1.82, 2.24) is 10.0 Å². The minimum atomic E-state index is -3.72. The molecule has 1 aromatic carbocycles. The van der Waals surface area contributed by atoms with Gasteiger partial charge in [0.05, 0.1) is 0 Å². The molecule has 2 unspecified atom stereocenters. The summed E-state index contributed by atoms with van der Waals surface area (Å²) in [6.45, 7) is 1.68. The van der Waals surface area contributed by atoms with Crippen molar-refractivity contribution in [3.8, 4) is 0 Å². The van der Waals surface area contributed by atoms with Crippen molar-refractivity contribution < 1.29 is 12.8 Å². The molecule has 1 heterocycles. The molecule has 1 saturated carbocycles. The maximum Gasteiger partial charge on any atom is 0.243 e. The number of benzene rings is 1. The number of halogens is 2. The van der Waals surface area contributed by atoms with E-state index in [4.69, 9.17) is 0 Å². The monoisotopic (exact) mass is 292 g/mol. The smallest absolute Gasteiger partial charge is 0.243 e. The van der Waals surface area contributed by atoms with Gasteiger partial charge in [0.25, 0.3) is 0 Å². The normalized spacial score (nSPS) is 29.5. The first-order chi connectivity index (χ1) is 8.09. The first-order valence-electron chi connectivity index (χ1n) is 5.57. The number of hydrogen-bond acceptors (Lipinski definition) is 3. The summed E-state index contributed by atoms with van der Waals surface area (Å²) in [6, 6.07) is 5.41. The molecule has 4 nitrogen and oxygen atoms in total. The predicted molar refractivity (Wildman–Crippen MR) is 67.6 cm³/mol. The summed E-state index contributed by atoms with van der Waals surface area (Å²) in [4.78, 5) is -0.266. The summed E-state index contributed by atoms with van der Waals surface area (Å²) in [7, 11) is -3.72. The van der Waals surface area contributed by atoms with Crippen molar-refractivity contribution >= 4 is 22.4 Å². The molecular weight excluding hydrogens is 279 g/mol. The fraction of sp³-hybridized carbons (Fsp3) is 0.455. The number of rotatable bonds is 3. The minimum absolute atomic E-state index is 0. The highest BCUT2D eigenvalue weighted by atomic mass is 35.5. The number of fused-ring (bicyclic) bond motifs is 1. The molecule has 18 heavy (non-hydrogen) atoms. The van der Waals surface area contributed by atoms with Crippen molar-refractivity contribution in [3.05, 3.63) is 30.1 Å². The van der Waals surface area contributed by atoms with Gasteiger partial charge in [0.2, 0.25) is 10.0 Å². The molecule has 2 N–H and O–H groups in total. The first-order valence-corrected chi connectivity index (χ1v) is 7.05. The Morgan fingerprint density at radius 1 is 1.22 bits per heavy atom. The van der Waals surface area contributed by atoms with Crippen LogP contribution in [0.25, 0.3) is 0 Å². The number of nitrogens with one attached hydrogen (secondary N) is 2. The van der Waals surface area contributed by atoms with Crippen LogP contribution in [0.3, 0.4) is 0 Å². The van der Waals surface area contributed by atoms with E-state index in [9.17, 15) is 12.8 Å². The highest BCUT2D eigenvalue weighted by molar-refractivity contribution is 7.89. The molecule has 7 heteroatoms. The standard InChI is InChI=1S/C11H13FN2O2S.ClH/c12-9-3-1-2-4-10(9)17(15,16)14-11-7-5-13-6-8(7)11;/h1-4,7-8,11,13-14H,5-6H2;1H. The quantitative estimate of drug-likeness (QED) is 0.864. The van der Waals surface area contributed by atoms with Crippen LogP contribution in [-0.4, -0.2) is 27.5 Å². The van der Waals surface area contributed by atoms with Gasteiger partial charge in [-0.1, -0.05) is 12.1 Å². The average molecular weight is 293 g/mol. The summed E-state index contributed by atoms with van der Waals surface area (Å²) < 4.78 is 39.9. The van der Waals surface area contributed by atoms with Crippen molar-refractivity contribution in [2.75, 3.05) is 13.1 Å². The van der Waals surface area contributed by atoms with Gasteiger partial charge in [-0.25, -0.2) is 17.5 Å². The molecule has 0 radical (unpaired) electrons. The third-order valence-electron chi connectivity index (χ3n) is 3.51. The lowest BCUT2D eigenvalue weighted by atomic mass is 10.4. The van der Waals surface area contributed by atoms with Gasteiger partial charge in [-0.2, -0.15) is 0 Å². The van der Waals surface area contributed by atoms with Gasteiger partial charge < -0.3 is 5.32 Å². The van der Waals surface area contributed by atoms with Gasteiger partial charge in [0.15, 0.2) is 0 Å². The molecule has 2 fully saturated rings. The van der Waals surface area contributed by atoms with Gasteiger partial charge in [-0.3, -0.25) is 0 Å². The Kier molecular flexibility index (Phi) is 3.64. The number of sulfonamides is 1. The van der Waals surface area contributed by atoms with E-state index in [1.54, 1.807) is 0 Å². The van der Waals surface area contributed by atoms with Crippen molar-refractivity contribution in [3.63, 3.8) is 0 Å². The molecule has 0 aromatic heterocycles. The Labute approximate surface area is 111 Å². The van der Waals surface area contributed by atoms with Gasteiger partial charge in [-0.15, -0.1) is 12.4 Å². The van der Waals surface area contributed by atoms with Crippen LogP contribution in [0.5, 0.6) is 0 Å². The molecule has 1 aliphatic heterocycles. The minimum Gasteiger partial charge on any atom is -0.316 e. The summed E-state index contributed by atoms with van der Waals surface area (Å²) in [5.41, 5.74) is 0. The third-order valence-corrected chi connectivity index (χ3v) is 5.00. The first kappa shape index (κ1) is 13.7. The fourth-order valence-electron chi connectivity index (χ4n) is 2.50. The van der Waals surface area contributed by atoms with Crippen LogP contribution in [0.2, 0.25) is 0 Å². The van der Waals surface area contributed by atoms with E-state index in [2.05, 4.69) is 10.0 Å². The number of piperidine rings is 1. The van der Waals surface area contributed by atoms with E-state index < -0.39 is 15.8 Å². The van der Waals surface area contributed by atoms with Crippen LogP contribution in [0.1, 0.15) is 0 Å². The summed E-state index contributed by atoms with van der Waals surface area (Å²) >= 11 is 0. The molecular formula is C11H14ClFN2O2S. The van der Waals surface area contributed by atoms with Crippen LogP contribution in [0.4, 0.5) is 4.39 Å². The zero-order chi connectivity index (χ0) is 12.0. The van der Waals surface area contributed by atoms with E-state index in [-0.39, 0.29) is 23.3 Å². The maximum atomic E-state index is 13.4. The third kappa shape index (κ3) is 2.25. The SMILES string of the molecule is Cl.O=S(=O)(NC1C2CNCC21)c1ccccc1F. The lowest BCUT2D eigenvalue weighted by molar-refractivity contribution is 0.547. The van der Waals surface area contributed by atoms with E-state index in [1.165, 1.54) is 18.2 Å². The largest absolute Gasteiger partial charge is 0.316 e. The van der Waals surface area contributed by atoms with E-state index in [0.717, 1.165) is 19.2 Å². The van der Waals surface area contributed by atoms with Crippen LogP contribution in [-0.2, 0) is 10.0 Å². The Balaban J connectivity index is 0.00000120. The van der Waals surface area contributed by atoms with Crippen LogP contribution >= 0.6 is 12.4 Å².